The number of sulfonamides is 1. The number of benzene rings is 2. The minimum Gasteiger partial charge on any atom is -0.358 e. The average Bonchev–Trinajstić information content (AvgIpc) is 3.36. The van der Waals surface area contributed by atoms with Gasteiger partial charge >= 0.3 is 6.18 Å². The molecule has 1 aliphatic heterocycles. The van der Waals surface area contributed by atoms with Crippen LogP contribution in [0.1, 0.15) is 75.8 Å². The number of halogens is 4. The number of amides is 1. The molecule has 2 saturated carbocycles. The van der Waals surface area contributed by atoms with Crippen molar-refractivity contribution in [3.63, 3.8) is 0 Å². The summed E-state index contributed by atoms with van der Waals surface area (Å²) >= 11 is 0. The minimum absolute atomic E-state index is 0.0619. The van der Waals surface area contributed by atoms with Gasteiger partial charge in [-0.1, -0.05) is 37.8 Å². The fraction of sp³-hybridized carbons (Fsp3) is 0.548. The molecule has 2 aromatic carbocycles. The molecule has 0 saturated heterocycles. The van der Waals surface area contributed by atoms with Gasteiger partial charge in [0.15, 0.2) is 0 Å². The second-order valence-corrected chi connectivity index (χ2v) is 14.2. The minimum atomic E-state index is -4.51. The monoisotopic (exact) mass is 622 g/mol. The fourth-order valence-electron chi connectivity index (χ4n) is 6.19. The molecule has 0 radical (unpaired) electrons. The summed E-state index contributed by atoms with van der Waals surface area (Å²) in [6, 6.07) is 9.06. The molecule has 0 unspecified atom stereocenters. The van der Waals surface area contributed by atoms with E-state index in [0.29, 0.717) is 17.8 Å². The van der Waals surface area contributed by atoms with Crippen molar-refractivity contribution in [2.75, 3.05) is 13.1 Å². The second-order valence-electron chi connectivity index (χ2n) is 12.3. The van der Waals surface area contributed by atoms with E-state index in [1.807, 2.05) is 6.92 Å². The van der Waals surface area contributed by atoms with Gasteiger partial charge in [-0.25, -0.2) is 12.8 Å². The van der Waals surface area contributed by atoms with E-state index >= 15 is 0 Å². The molecule has 0 aromatic heterocycles. The highest BCUT2D eigenvalue weighted by Gasteiger charge is 2.49. The number of hydrogen-bond acceptors (Lipinski definition) is 5. The first-order chi connectivity index (χ1) is 20.3. The zero-order valence-electron chi connectivity index (χ0n) is 24.2. The van der Waals surface area contributed by atoms with Gasteiger partial charge in [0.05, 0.1) is 17.0 Å². The Balaban J connectivity index is 1.33. The summed E-state index contributed by atoms with van der Waals surface area (Å²) in [5.41, 5.74) is -1.77. The number of carbonyl (C=O) groups excluding carboxylic acids is 1. The topological polar surface area (TPSA) is 90.9 Å². The fourth-order valence-corrected chi connectivity index (χ4v) is 7.62. The molecule has 1 atom stereocenters. The van der Waals surface area contributed by atoms with Crippen molar-refractivity contribution < 1.29 is 30.8 Å². The summed E-state index contributed by atoms with van der Waals surface area (Å²) < 4.78 is 81.6. The molecule has 3 aliphatic rings. The second kappa shape index (κ2) is 12.2. The highest BCUT2D eigenvalue weighted by Crippen LogP contribution is 2.46. The van der Waals surface area contributed by atoms with Gasteiger partial charge in [-0.2, -0.15) is 17.5 Å². The summed E-state index contributed by atoms with van der Waals surface area (Å²) in [5.74, 6) is 0.0340. The molecule has 234 valence electrons. The predicted molar refractivity (Wildman–Crippen MR) is 155 cm³/mol. The Kier molecular flexibility index (Phi) is 8.91. The average molecular weight is 623 g/mol. The molecule has 1 amide bonds. The van der Waals surface area contributed by atoms with E-state index in [9.17, 15) is 30.8 Å². The Morgan fingerprint density at radius 1 is 1.02 bits per heavy atom. The number of rotatable bonds is 10. The van der Waals surface area contributed by atoms with Crippen molar-refractivity contribution in [3.8, 4) is 0 Å². The molecular formula is C31H38F4N4O3S. The number of hydrogen-bond donors (Lipinski definition) is 2. The van der Waals surface area contributed by atoms with Crippen LogP contribution in [0.25, 0.3) is 0 Å². The van der Waals surface area contributed by atoms with Gasteiger partial charge in [0, 0.05) is 24.5 Å². The lowest BCUT2D eigenvalue weighted by molar-refractivity contribution is -0.137. The van der Waals surface area contributed by atoms with E-state index < -0.39 is 38.5 Å². The van der Waals surface area contributed by atoms with Crippen LogP contribution in [0, 0.1) is 11.2 Å². The molecule has 43 heavy (non-hydrogen) atoms. The van der Waals surface area contributed by atoms with Crippen molar-refractivity contribution in [2.45, 2.75) is 93.9 Å². The highest BCUT2D eigenvalue weighted by molar-refractivity contribution is 7.89. The smallest absolute Gasteiger partial charge is 0.358 e. The molecule has 2 aliphatic carbocycles. The lowest BCUT2D eigenvalue weighted by atomic mass is 9.65. The number of alkyl halides is 3. The maximum Gasteiger partial charge on any atom is 0.416 e. The van der Waals surface area contributed by atoms with Gasteiger partial charge in [-0.15, -0.1) is 0 Å². The molecule has 0 bridgehead atoms. The Morgan fingerprint density at radius 3 is 2.26 bits per heavy atom. The summed E-state index contributed by atoms with van der Waals surface area (Å²) in [5, 5.41) is 6.57. The Morgan fingerprint density at radius 2 is 1.67 bits per heavy atom. The zero-order valence-corrected chi connectivity index (χ0v) is 25.0. The first kappa shape index (κ1) is 31.4. The van der Waals surface area contributed by atoms with Crippen molar-refractivity contribution in [2.24, 2.45) is 10.4 Å². The van der Waals surface area contributed by atoms with Crippen LogP contribution in [0.2, 0.25) is 0 Å². The van der Waals surface area contributed by atoms with Crippen LogP contribution in [-0.2, 0) is 27.5 Å². The molecule has 2 aromatic rings. The van der Waals surface area contributed by atoms with Gasteiger partial charge in [0.2, 0.25) is 15.9 Å². The number of nitrogens with zero attached hydrogens (tertiary/aromatic N) is 2. The summed E-state index contributed by atoms with van der Waals surface area (Å²) in [7, 11) is -4.12. The standard InChI is InChI=1S/C31H38F4N4O3S/c1-29(28(40)37-25-6-3-2-4-7-25)21-36-27(38-29)30(16-5-17-30)18-19-39(43(41,42)26-14-12-24(32)13-15-26)20-22-8-10-23(11-9-22)31(33,34)35/h8-15,25H,2-7,16-21H2,1H3,(H,36,38)(H,37,40)/t29-/m1/s1. The molecule has 2 N–H and O–H groups in total. The van der Waals surface area contributed by atoms with Crippen LogP contribution >= 0.6 is 0 Å². The van der Waals surface area contributed by atoms with Crippen LogP contribution in [0.5, 0.6) is 0 Å². The van der Waals surface area contributed by atoms with Crippen LogP contribution in [0.4, 0.5) is 17.6 Å². The van der Waals surface area contributed by atoms with E-state index in [0.717, 1.165) is 69.2 Å². The Hall–Kier alpha value is -2.99. The molecule has 12 heteroatoms. The van der Waals surface area contributed by atoms with E-state index in [1.54, 1.807) is 0 Å². The van der Waals surface area contributed by atoms with Gasteiger partial charge < -0.3 is 10.6 Å². The van der Waals surface area contributed by atoms with Gasteiger partial charge in [0.25, 0.3) is 0 Å². The SMILES string of the molecule is C[C@]1(C(=O)NC2CCCCC2)CN=C(C2(CCN(Cc3ccc(C(F)(F)F)cc3)S(=O)(=O)c3ccc(F)cc3)CCC2)N1. The first-order valence-electron chi connectivity index (χ1n) is 14.9. The summed E-state index contributed by atoms with van der Waals surface area (Å²) in [6.45, 7) is 2.03. The maximum atomic E-state index is 13.7. The van der Waals surface area contributed by atoms with Crippen LogP contribution in [-0.4, -0.2) is 49.1 Å². The third kappa shape index (κ3) is 6.90. The lowest BCUT2D eigenvalue weighted by Gasteiger charge is -2.44. The maximum absolute atomic E-state index is 13.7. The van der Waals surface area contributed by atoms with E-state index in [4.69, 9.17) is 4.99 Å². The van der Waals surface area contributed by atoms with Crippen LogP contribution in [0.15, 0.2) is 58.4 Å². The third-order valence-electron chi connectivity index (χ3n) is 9.13. The van der Waals surface area contributed by atoms with E-state index in [1.165, 1.54) is 35.0 Å². The highest BCUT2D eigenvalue weighted by atomic mass is 32.2. The van der Waals surface area contributed by atoms with Gasteiger partial charge in [-0.3, -0.25) is 9.79 Å². The number of carbonyl (C=O) groups is 1. The third-order valence-corrected chi connectivity index (χ3v) is 11.0. The number of nitrogens with one attached hydrogen (secondary N) is 2. The van der Waals surface area contributed by atoms with Gasteiger partial charge in [-0.05, 0) is 81.0 Å². The van der Waals surface area contributed by atoms with Crippen LogP contribution in [0.3, 0.4) is 0 Å². The van der Waals surface area contributed by atoms with E-state index in [-0.39, 0.29) is 36.5 Å². The molecular weight excluding hydrogens is 584 g/mol. The van der Waals surface area contributed by atoms with Crippen molar-refractivity contribution in [1.82, 2.24) is 14.9 Å². The molecule has 7 nitrogen and oxygen atoms in total. The lowest BCUT2D eigenvalue weighted by Crippen LogP contribution is -2.60. The molecule has 5 rings (SSSR count). The van der Waals surface area contributed by atoms with Gasteiger partial charge in [0.1, 0.15) is 17.2 Å². The number of aliphatic imine (C=N–C) groups is 1. The normalized spacial score (nSPS) is 22.5. The summed E-state index contributed by atoms with van der Waals surface area (Å²) in [6.07, 6.45) is 3.68. The quantitative estimate of drug-likeness (QED) is 0.328. The largest absolute Gasteiger partial charge is 0.416 e. The zero-order chi connectivity index (χ0) is 30.9. The molecule has 2 fully saturated rings. The molecule has 0 spiro atoms. The first-order valence-corrected chi connectivity index (χ1v) is 16.3. The van der Waals surface area contributed by atoms with Crippen LogP contribution < -0.4 is 10.6 Å². The van der Waals surface area contributed by atoms with Crippen molar-refractivity contribution >= 4 is 21.8 Å². The Bertz CT molecular complexity index is 1430. The summed E-state index contributed by atoms with van der Waals surface area (Å²) in [4.78, 5) is 17.9. The predicted octanol–water partition coefficient (Wildman–Crippen LogP) is 5.81. The van der Waals surface area contributed by atoms with Crippen molar-refractivity contribution in [3.05, 3.63) is 65.5 Å². The van der Waals surface area contributed by atoms with Crippen molar-refractivity contribution in [1.29, 1.82) is 0 Å². The Labute approximate surface area is 250 Å². The van der Waals surface area contributed by atoms with E-state index in [2.05, 4.69) is 10.6 Å². The molecule has 1 heterocycles. The number of amidine groups is 1.